The second-order valence-corrected chi connectivity index (χ2v) is 16.3. The topological polar surface area (TPSA) is 52.6 Å². The van der Waals surface area contributed by atoms with Crippen molar-refractivity contribution in [2.45, 2.75) is 76.6 Å². The molecule has 0 saturated heterocycles. The van der Waals surface area contributed by atoms with Crippen LogP contribution < -0.4 is 0 Å². The van der Waals surface area contributed by atoms with Crippen molar-refractivity contribution in [3.63, 3.8) is 0 Å². The van der Waals surface area contributed by atoms with Crippen molar-refractivity contribution >= 4 is 18.4 Å². The summed E-state index contributed by atoms with van der Waals surface area (Å²) < 4.78 is 37.7. The molecule has 0 radical (unpaired) electrons. The third-order valence-corrected chi connectivity index (χ3v) is 12.1. The molecule has 2 aromatic rings. The van der Waals surface area contributed by atoms with Crippen molar-refractivity contribution in [2.24, 2.45) is 5.92 Å². The Bertz CT molecular complexity index is 916. The summed E-state index contributed by atoms with van der Waals surface area (Å²) in [6.45, 7) is 15.0. The Morgan fingerprint density at radius 3 is 2.10 bits per heavy atom. The normalized spacial score (nSPS) is 14.9. The third kappa shape index (κ3) is 7.56. The maximum Gasteiger partial charge on any atom is 0.297 e. The lowest BCUT2D eigenvalue weighted by atomic mass is 9.96. The fraction of sp³-hybridized carbons (Fsp3) is 0.520. The zero-order valence-electron chi connectivity index (χ0n) is 20.0. The number of aryl methyl sites for hydroxylation is 2. The molecule has 0 fully saturated rings. The van der Waals surface area contributed by atoms with Crippen LogP contribution in [0.5, 0.6) is 0 Å². The van der Waals surface area contributed by atoms with E-state index >= 15 is 0 Å². The lowest BCUT2D eigenvalue weighted by Gasteiger charge is -2.40. The van der Waals surface area contributed by atoms with Crippen molar-refractivity contribution in [2.75, 3.05) is 6.61 Å². The molecule has 0 heterocycles. The van der Waals surface area contributed by atoms with E-state index in [9.17, 15) is 8.42 Å². The molecule has 0 amide bonds. The first-order valence-corrected chi connectivity index (χ1v) is 15.3. The molecule has 0 saturated carbocycles. The van der Waals surface area contributed by atoms with E-state index in [1.807, 2.05) is 25.1 Å². The SMILES string of the molecule is Cc1ccc(S(=O)(=O)OC[C@H](O[Si](C)(C)C(C)(C)C)[C@H](C)CCc2ccccc2)cc1. The number of benzene rings is 2. The van der Waals surface area contributed by atoms with Gasteiger partial charge in [0.25, 0.3) is 10.1 Å². The van der Waals surface area contributed by atoms with Crippen LogP contribution in [0.4, 0.5) is 0 Å². The van der Waals surface area contributed by atoms with Crippen LogP contribution in [0.3, 0.4) is 0 Å². The van der Waals surface area contributed by atoms with E-state index in [1.54, 1.807) is 24.3 Å². The van der Waals surface area contributed by atoms with Gasteiger partial charge in [0.05, 0.1) is 17.6 Å². The summed E-state index contributed by atoms with van der Waals surface area (Å²) in [7, 11) is -5.93. The molecule has 0 unspecified atom stereocenters. The van der Waals surface area contributed by atoms with E-state index in [2.05, 4.69) is 52.9 Å². The maximum atomic E-state index is 12.7. The van der Waals surface area contributed by atoms with Crippen LogP contribution in [0.2, 0.25) is 18.1 Å². The van der Waals surface area contributed by atoms with Gasteiger partial charge in [0.1, 0.15) is 0 Å². The average Bonchev–Trinajstić information content (AvgIpc) is 2.69. The maximum absolute atomic E-state index is 12.7. The van der Waals surface area contributed by atoms with Gasteiger partial charge >= 0.3 is 0 Å². The number of hydrogen-bond acceptors (Lipinski definition) is 4. The van der Waals surface area contributed by atoms with Crippen LogP contribution in [0.25, 0.3) is 0 Å². The van der Waals surface area contributed by atoms with E-state index in [1.165, 1.54) is 5.56 Å². The second kappa shape index (κ2) is 10.4. The largest absolute Gasteiger partial charge is 0.411 e. The average molecular weight is 463 g/mol. The standard InChI is InChI=1S/C25H38O4SSi/c1-20-13-17-23(18-14-20)30(26,27)28-19-24(29-31(6,7)25(3,4)5)21(2)15-16-22-11-9-8-10-12-22/h8-14,17-18,21,24H,15-16,19H2,1-7H3/t21-,24+/m1/s1. The van der Waals surface area contributed by atoms with Gasteiger partial charge in [-0.15, -0.1) is 0 Å². The van der Waals surface area contributed by atoms with Gasteiger partial charge in [-0.3, -0.25) is 4.18 Å². The van der Waals surface area contributed by atoms with E-state index < -0.39 is 18.4 Å². The Hall–Kier alpha value is -1.47. The first-order chi connectivity index (χ1) is 14.3. The molecule has 172 valence electrons. The van der Waals surface area contributed by atoms with Crippen molar-refractivity contribution in [3.8, 4) is 0 Å². The first kappa shape index (κ1) is 25.8. The zero-order valence-corrected chi connectivity index (χ0v) is 21.8. The summed E-state index contributed by atoms with van der Waals surface area (Å²) in [5.74, 6) is 0.155. The molecule has 2 aromatic carbocycles. The highest BCUT2D eigenvalue weighted by atomic mass is 32.2. The van der Waals surface area contributed by atoms with Crippen molar-refractivity contribution < 1.29 is 17.0 Å². The van der Waals surface area contributed by atoms with E-state index in [4.69, 9.17) is 8.61 Å². The molecule has 6 heteroatoms. The lowest BCUT2D eigenvalue weighted by Crippen LogP contribution is -2.47. The molecule has 0 aliphatic rings. The predicted octanol–water partition coefficient (Wildman–Crippen LogP) is 6.36. The summed E-state index contributed by atoms with van der Waals surface area (Å²) in [6, 6.07) is 17.1. The Kier molecular flexibility index (Phi) is 8.67. The van der Waals surface area contributed by atoms with Crippen LogP contribution in [0, 0.1) is 12.8 Å². The van der Waals surface area contributed by atoms with Gasteiger partial charge in [-0.05, 0) is 61.5 Å². The minimum Gasteiger partial charge on any atom is -0.411 e. The van der Waals surface area contributed by atoms with Crippen molar-refractivity contribution in [1.29, 1.82) is 0 Å². The van der Waals surface area contributed by atoms with E-state index in [0.29, 0.717) is 0 Å². The second-order valence-electron chi connectivity index (χ2n) is 9.97. The highest BCUT2D eigenvalue weighted by Gasteiger charge is 2.40. The molecule has 4 nitrogen and oxygen atoms in total. The van der Waals surface area contributed by atoms with E-state index in [0.717, 1.165) is 18.4 Å². The Morgan fingerprint density at radius 1 is 0.968 bits per heavy atom. The molecule has 0 aromatic heterocycles. The molecule has 31 heavy (non-hydrogen) atoms. The van der Waals surface area contributed by atoms with Gasteiger partial charge in [-0.25, -0.2) is 0 Å². The molecule has 2 rings (SSSR count). The zero-order chi connectivity index (χ0) is 23.3. The fourth-order valence-electron chi connectivity index (χ4n) is 3.02. The quantitative estimate of drug-likeness (QED) is 0.304. The Balaban J connectivity index is 2.15. The van der Waals surface area contributed by atoms with E-state index in [-0.39, 0.29) is 28.6 Å². The molecule has 0 N–H and O–H groups in total. The smallest absolute Gasteiger partial charge is 0.297 e. The minimum absolute atomic E-state index is 0.0265. The van der Waals surface area contributed by atoms with Gasteiger partial charge in [0.15, 0.2) is 8.32 Å². The summed E-state index contributed by atoms with van der Waals surface area (Å²) in [6.07, 6.45) is 1.53. The Morgan fingerprint density at radius 2 is 1.55 bits per heavy atom. The lowest BCUT2D eigenvalue weighted by molar-refractivity contribution is 0.0716. The first-order valence-electron chi connectivity index (χ1n) is 11.0. The van der Waals surface area contributed by atoms with Crippen LogP contribution in [0.1, 0.15) is 45.2 Å². The summed E-state index contributed by atoms with van der Waals surface area (Å²) >= 11 is 0. The van der Waals surface area contributed by atoms with Gasteiger partial charge in [0.2, 0.25) is 0 Å². The highest BCUT2D eigenvalue weighted by molar-refractivity contribution is 7.86. The highest BCUT2D eigenvalue weighted by Crippen LogP contribution is 2.38. The minimum atomic E-state index is -3.83. The van der Waals surface area contributed by atoms with Crippen LogP contribution in [-0.4, -0.2) is 29.4 Å². The molecular weight excluding hydrogens is 424 g/mol. The monoisotopic (exact) mass is 462 g/mol. The summed E-state index contributed by atoms with van der Waals surface area (Å²) in [5, 5.41) is 0.0280. The van der Waals surface area contributed by atoms with Crippen molar-refractivity contribution in [1.82, 2.24) is 0 Å². The number of hydrogen-bond donors (Lipinski definition) is 0. The third-order valence-electron chi connectivity index (χ3n) is 6.32. The summed E-state index contributed by atoms with van der Waals surface area (Å²) in [5.41, 5.74) is 2.28. The molecule has 0 spiro atoms. The van der Waals surface area contributed by atoms with Gasteiger partial charge in [-0.2, -0.15) is 8.42 Å². The van der Waals surface area contributed by atoms with Crippen molar-refractivity contribution in [3.05, 3.63) is 65.7 Å². The number of rotatable bonds is 10. The Labute approximate surface area is 190 Å². The van der Waals surface area contributed by atoms with Gasteiger partial charge in [-0.1, -0.05) is 75.7 Å². The molecular formula is C25H38O4SSi. The van der Waals surface area contributed by atoms with Crippen LogP contribution in [-0.2, 0) is 25.1 Å². The van der Waals surface area contributed by atoms with Crippen LogP contribution >= 0.6 is 0 Å². The predicted molar refractivity (Wildman–Crippen MR) is 130 cm³/mol. The molecule has 2 atom stereocenters. The fourth-order valence-corrected chi connectivity index (χ4v) is 5.35. The summed E-state index contributed by atoms with van der Waals surface area (Å²) in [4.78, 5) is 0.182. The molecule has 0 aliphatic heterocycles. The van der Waals surface area contributed by atoms with Crippen LogP contribution in [0.15, 0.2) is 59.5 Å². The molecule has 0 aliphatic carbocycles. The molecule has 0 bridgehead atoms. The van der Waals surface area contributed by atoms with Gasteiger partial charge < -0.3 is 4.43 Å². The van der Waals surface area contributed by atoms with Gasteiger partial charge in [0, 0.05) is 0 Å².